The summed E-state index contributed by atoms with van der Waals surface area (Å²) in [6.45, 7) is 0. The number of benzene rings is 1. The van der Waals surface area contributed by atoms with Crippen LogP contribution in [0.4, 0.5) is 0 Å². The Labute approximate surface area is 98.6 Å². The van der Waals surface area contributed by atoms with Crippen LogP contribution in [0.3, 0.4) is 0 Å². The van der Waals surface area contributed by atoms with Crippen molar-refractivity contribution in [2.24, 2.45) is 0 Å². The third-order valence-electron chi connectivity index (χ3n) is 3.31. The van der Waals surface area contributed by atoms with Gasteiger partial charge in [0, 0.05) is 30.0 Å². The maximum absolute atomic E-state index is 9.80. The molecule has 1 aromatic carbocycles. The minimum Gasteiger partial charge on any atom is -0.389 e. The zero-order chi connectivity index (χ0) is 12.0. The van der Waals surface area contributed by atoms with Gasteiger partial charge in [-0.2, -0.15) is 0 Å². The van der Waals surface area contributed by atoms with E-state index in [0.29, 0.717) is 5.70 Å². The first-order valence-electron chi connectivity index (χ1n) is 5.58. The molecule has 1 heterocycles. The second kappa shape index (κ2) is 3.61. The van der Waals surface area contributed by atoms with Gasteiger partial charge < -0.3 is 20.5 Å². The van der Waals surface area contributed by atoms with Crippen molar-refractivity contribution >= 4 is 16.5 Å². The molecule has 4 nitrogen and oxygen atoms in total. The van der Waals surface area contributed by atoms with Crippen molar-refractivity contribution in [1.29, 1.82) is 0 Å². The van der Waals surface area contributed by atoms with Crippen LogP contribution >= 0.6 is 0 Å². The van der Waals surface area contributed by atoms with E-state index in [4.69, 9.17) is 0 Å². The van der Waals surface area contributed by atoms with Crippen LogP contribution in [0.5, 0.6) is 0 Å². The summed E-state index contributed by atoms with van der Waals surface area (Å²) in [5, 5.41) is 23.4. The molecule has 3 rings (SSSR count). The molecule has 4 N–H and O–H groups in total. The van der Waals surface area contributed by atoms with Crippen molar-refractivity contribution in [3.63, 3.8) is 0 Å². The predicted molar refractivity (Wildman–Crippen MR) is 66.3 cm³/mol. The van der Waals surface area contributed by atoms with E-state index in [-0.39, 0.29) is 0 Å². The minimum absolute atomic E-state index is 0.701. The Morgan fingerprint density at radius 1 is 1.18 bits per heavy atom. The van der Waals surface area contributed by atoms with Gasteiger partial charge in [-0.3, -0.25) is 0 Å². The van der Waals surface area contributed by atoms with Crippen LogP contribution in [0.2, 0.25) is 0 Å². The van der Waals surface area contributed by atoms with Crippen LogP contribution < -0.4 is 5.32 Å². The molecule has 2 atom stereocenters. The quantitative estimate of drug-likeness (QED) is 0.618. The van der Waals surface area contributed by atoms with Crippen LogP contribution in [0, 0.1) is 0 Å². The Kier molecular flexibility index (Phi) is 2.21. The van der Waals surface area contributed by atoms with Gasteiger partial charge in [0.05, 0.1) is 0 Å². The SMILES string of the molecule is CNC1=C(c2ccc3[nH]ccc3c2)C(O)C1O. The smallest absolute Gasteiger partial charge is 0.124 e. The monoisotopic (exact) mass is 230 g/mol. The van der Waals surface area contributed by atoms with Gasteiger partial charge in [0.1, 0.15) is 12.2 Å². The van der Waals surface area contributed by atoms with Crippen molar-refractivity contribution in [3.8, 4) is 0 Å². The largest absolute Gasteiger partial charge is 0.389 e. The third-order valence-corrected chi connectivity index (χ3v) is 3.31. The molecule has 0 bridgehead atoms. The predicted octanol–water partition coefficient (Wildman–Crippen LogP) is 0.834. The maximum atomic E-state index is 9.80. The van der Waals surface area contributed by atoms with E-state index in [0.717, 1.165) is 22.0 Å². The molecular formula is C13H14N2O2. The van der Waals surface area contributed by atoms with Crippen LogP contribution in [0.15, 0.2) is 36.2 Å². The van der Waals surface area contributed by atoms with Crippen molar-refractivity contribution in [2.75, 3.05) is 7.05 Å². The number of aliphatic hydroxyl groups excluding tert-OH is 2. The van der Waals surface area contributed by atoms with E-state index in [1.807, 2.05) is 30.5 Å². The first kappa shape index (κ1) is 10.4. The fraction of sp³-hybridized carbons (Fsp3) is 0.231. The van der Waals surface area contributed by atoms with Crippen molar-refractivity contribution < 1.29 is 10.2 Å². The summed E-state index contributed by atoms with van der Waals surface area (Å²) in [5.74, 6) is 0. The normalized spacial score (nSPS) is 23.9. The van der Waals surface area contributed by atoms with Gasteiger partial charge in [0.2, 0.25) is 0 Å². The highest BCUT2D eigenvalue weighted by molar-refractivity contribution is 5.87. The average Bonchev–Trinajstić information content (AvgIpc) is 2.81. The number of aromatic amines is 1. The fourth-order valence-electron chi connectivity index (χ4n) is 2.37. The minimum atomic E-state index is -0.797. The number of nitrogens with one attached hydrogen (secondary N) is 2. The van der Waals surface area contributed by atoms with Gasteiger partial charge in [-0.25, -0.2) is 0 Å². The number of likely N-dealkylation sites (N-methyl/N-ethyl adjacent to an activating group) is 1. The van der Waals surface area contributed by atoms with E-state index in [1.165, 1.54) is 0 Å². The summed E-state index contributed by atoms with van der Waals surface area (Å²) >= 11 is 0. The second-order valence-corrected chi connectivity index (χ2v) is 4.25. The second-order valence-electron chi connectivity index (χ2n) is 4.25. The summed E-state index contributed by atoms with van der Waals surface area (Å²) in [5.41, 5.74) is 3.49. The Hall–Kier alpha value is -1.78. The first-order valence-corrected chi connectivity index (χ1v) is 5.58. The number of aromatic nitrogens is 1. The summed E-state index contributed by atoms with van der Waals surface area (Å²) < 4.78 is 0. The lowest BCUT2D eigenvalue weighted by Crippen LogP contribution is -2.44. The Bertz CT molecular complexity index is 600. The molecular weight excluding hydrogens is 216 g/mol. The summed E-state index contributed by atoms with van der Waals surface area (Å²) in [6, 6.07) is 7.91. The van der Waals surface area contributed by atoms with Crippen LogP contribution in [-0.4, -0.2) is 34.5 Å². The number of H-pyrrole nitrogens is 1. The lowest BCUT2D eigenvalue weighted by molar-refractivity contribution is 0.0535. The fourth-order valence-corrected chi connectivity index (χ4v) is 2.37. The zero-order valence-corrected chi connectivity index (χ0v) is 9.44. The molecule has 88 valence electrons. The Morgan fingerprint density at radius 3 is 2.76 bits per heavy atom. The molecule has 0 fully saturated rings. The number of hydrogen-bond acceptors (Lipinski definition) is 3. The summed E-state index contributed by atoms with van der Waals surface area (Å²) in [4.78, 5) is 3.12. The Balaban J connectivity index is 2.12. The zero-order valence-electron chi connectivity index (χ0n) is 9.44. The molecule has 0 amide bonds. The van der Waals surface area contributed by atoms with Gasteiger partial charge in [0.25, 0.3) is 0 Å². The molecule has 0 saturated heterocycles. The van der Waals surface area contributed by atoms with E-state index >= 15 is 0 Å². The number of rotatable bonds is 2. The Morgan fingerprint density at radius 2 is 2.00 bits per heavy atom. The van der Waals surface area contributed by atoms with E-state index in [9.17, 15) is 10.2 Å². The van der Waals surface area contributed by atoms with Gasteiger partial charge in [0.15, 0.2) is 0 Å². The van der Waals surface area contributed by atoms with E-state index in [1.54, 1.807) is 7.05 Å². The van der Waals surface area contributed by atoms with Crippen LogP contribution in [-0.2, 0) is 0 Å². The van der Waals surface area contributed by atoms with E-state index < -0.39 is 12.2 Å². The molecule has 1 aromatic heterocycles. The van der Waals surface area contributed by atoms with Gasteiger partial charge in [-0.1, -0.05) is 6.07 Å². The highest BCUT2D eigenvalue weighted by Gasteiger charge is 2.38. The molecule has 1 aliphatic rings. The molecule has 0 aliphatic heterocycles. The molecule has 0 saturated carbocycles. The lowest BCUT2D eigenvalue weighted by atomic mass is 9.82. The first-order chi connectivity index (χ1) is 8.22. The summed E-state index contributed by atoms with van der Waals surface area (Å²) in [7, 11) is 1.75. The van der Waals surface area contributed by atoms with Crippen molar-refractivity contribution in [2.45, 2.75) is 12.2 Å². The summed E-state index contributed by atoms with van der Waals surface area (Å²) in [6.07, 6.45) is 0.291. The van der Waals surface area contributed by atoms with Gasteiger partial charge in [-0.15, -0.1) is 0 Å². The van der Waals surface area contributed by atoms with Gasteiger partial charge >= 0.3 is 0 Å². The molecule has 2 aromatic rings. The third kappa shape index (κ3) is 1.38. The molecule has 1 aliphatic carbocycles. The van der Waals surface area contributed by atoms with Crippen molar-refractivity contribution in [1.82, 2.24) is 10.3 Å². The van der Waals surface area contributed by atoms with Gasteiger partial charge in [-0.05, 0) is 29.1 Å². The van der Waals surface area contributed by atoms with Crippen LogP contribution in [0.25, 0.3) is 16.5 Å². The number of fused-ring (bicyclic) bond motifs is 1. The number of aliphatic hydroxyl groups is 2. The maximum Gasteiger partial charge on any atom is 0.124 e. The molecule has 2 unspecified atom stereocenters. The molecule has 4 heteroatoms. The molecule has 17 heavy (non-hydrogen) atoms. The van der Waals surface area contributed by atoms with E-state index in [2.05, 4.69) is 10.3 Å². The van der Waals surface area contributed by atoms with Crippen LogP contribution in [0.1, 0.15) is 5.56 Å². The number of hydrogen-bond donors (Lipinski definition) is 4. The highest BCUT2D eigenvalue weighted by Crippen LogP contribution is 2.36. The standard InChI is InChI=1S/C13H14N2O2/c1-14-11-10(12(16)13(11)17)8-2-3-9-7(6-8)4-5-15-9/h2-6,12-17H,1H3. The van der Waals surface area contributed by atoms with Crippen molar-refractivity contribution in [3.05, 3.63) is 41.7 Å². The average molecular weight is 230 g/mol. The topological polar surface area (TPSA) is 68.3 Å². The molecule has 0 radical (unpaired) electrons. The molecule has 0 spiro atoms. The highest BCUT2D eigenvalue weighted by atomic mass is 16.3. The lowest BCUT2D eigenvalue weighted by Gasteiger charge is -2.35.